The van der Waals surface area contributed by atoms with E-state index in [0.717, 1.165) is 16.6 Å². The molecule has 2 rings (SSSR count). The minimum atomic E-state index is -0.285. The Morgan fingerprint density at radius 1 is 1.62 bits per heavy atom. The van der Waals surface area contributed by atoms with E-state index in [-0.39, 0.29) is 5.82 Å². The van der Waals surface area contributed by atoms with Gasteiger partial charge in [-0.05, 0) is 18.6 Å². The largest absolute Gasteiger partial charge is 0.266 e. The van der Waals surface area contributed by atoms with Crippen LogP contribution in [-0.4, -0.2) is 8.96 Å². The predicted octanol–water partition coefficient (Wildman–Crippen LogP) is 3.33. The molecule has 0 atom stereocenters. The van der Waals surface area contributed by atoms with Crippen LogP contribution in [0.3, 0.4) is 0 Å². The average Bonchev–Trinajstić information content (AvgIpc) is 2.43. The third-order valence-electron chi connectivity index (χ3n) is 1.85. The lowest BCUT2D eigenvalue weighted by Gasteiger charge is -1.95. The second-order valence-electron chi connectivity index (χ2n) is 2.73. The van der Waals surface area contributed by atoms with E-state index in [2.05, 4.69) is 26.2 Å². The zero-order valence-corrected chi connectivity index (χ0v) is 9.76. The molecule has 0 bridgehead atoms. The van der Waals surface area contributed by atoms with E-state index in [1.807, 2.05) is 17.1 Å². The van der Waals surface area contributed by atoms with Crippen LogP contribution in [0.25, 0.3) is 11.0 Å². The molecule has 0 aliphatic carbocycles. The van der Waals surface area contributed by atoms with E-state index in [1.54, 1.807) is 0 Å². The summed E-state index contributed by atoms with van der Waals surface area (Å²) in [5.74, 6) is -0.285. The topological polar surface area (TPSA) is 17.8 Å². The molecule has 68 valence electrons. The van der Waals surface area contributed by atoms with Gasteiger partial charge in [0.2, 0.25) is 0 Å². The summed E-state index contributed by atoms with van der Waals surface area (Å²) in [6.07, 6.45) is 3.19. The molecule has 0 unspecified atom stereocenters. The van der Waals surface area contributed by atoms with Crippen molar-refractivity contribution in [3.63, 3.8) is 0 Å². The Balaban J connectivity index is 2.80. The van der Waals surface area contributed by atoms with Crippen molar-refractivity contribution < 1.29 is 4.39 Å². The van der Waals surface area contributed by atoms with Crippen LogP contribution in [0.4, 0.5) is 4.39 Å². The summed E-state index contributed by atoms with van der Waals surface area (Å²) in [4.78, 5) is 4.03. The van der Waals surface area contributed by atoms with Gasteiger partial charge in [0, 0.05) is 41.9 Å². The number of halogens is 2. The van der Waals surface area contributed by atoms with Crippen LogP contribution in [0, 0.1) is 12.7 Å². The Labute approximate surface area is 91.2 Å². The van der Waals surface area contributed by atoms with E-state index >= 15 is 0 Å². The maximum absolute atomic E-state index is 12.8. The Hall–Kier alpha value is -0.300. The monoisotopic (exact) mass is 308 g/mol. The van der Waals surface area contributed by atoms with Gasteiger partial charge < -0.3 is 0 Å². The number of hydrogen-bond acceptors (Lipinski definition) is 2. The molecule has 0 saturated carbocycles. The fourth-order valence-corrected chi connectivity index (χ4v) is 2.57. The summed E-state index contributed by atoms with van der Waals surface area (Å²) in [6, 6.07) is 1.51. The highest BCUT2D eigenvalue weighted by Gasteiger charge is 2.06. The smallest absolute Gasteiger partial charge is 0.150 e. The lowest BCUT2D eigenvalue weighted by atomic mass is 10.2. The summed E-state index contributed by atoms with van der Waals surface area (Å²) in [5.41, 5.74) is 1.87. The standard InChI is InChI=1S/C8H6FIN2S/c1-5-4-12(13-10)8-7(5)2-6(9)3-11-8/h2-4H,1H3. The second-order valence-corrected chi connectivity index (χ2v) is 4.44. The van der Waals surface area contributed by atoms with Crippen molar-refractivity contribution in [1.29, 1.82) is 0 Å². The van der Waals surface area contributed by atoms with E-state index in [4.69, 9.17) is 0 Å². The zero-order chi connectivity index (χ0) is 9.42. The average molecular weight is 308 g/mol. The number of rotatable bonds is 1. The summed E-state index contributed by atoms with van der Waals surface area (Å²) in [6.45, 7) is 1.95. The van der Waals surface area contributed by atoms with Gasteiger partial charge in [0.15, 0.2) is 5.65 Å². The highest BCUT2D eigenvalue weighted by molar-refractivity contribution is 14.2. The Morgan fingerprint density at radius 3 is 3.08 bits per heavy atom. The first-order valence-corrected chi connectivity index (χ1v) is 6.96. The van der Waals surface area contributed by atoms with Crippen molar-refractivity contribution in [2.24, 2.45) is 0 Å². The van der Waals surface area contributed by atoms with Gasteiger partial charge in [-0.2, -0.15) is 0 Å². The highest BCUT2D eigenvalue weighted by Crippen LogP contribution is 2.26. The maximum atomic E-state index is 12.8. The van der Waals surface area contributed by atoms with E-state index in [0.29, 0.717) is 0 Å². The van der Waals surface area contributed by atoms with Gasteiger partial charge in [0.05, 0.1) is 6.20 Å². The normalized spacial score (nSPS) is 11.0. The molecule has 0 fully saturated rings. The Bertz CT molecular complexity index is 455. The fraction of sp³-hybridized carbons (Fsp3) is 0.125. The van der Waals surface area contributed by atoms with Crippen LogP contribution < -0.4 is 0 Å². The maximum Gasteiger partial charge on any atom is 0.150 e. The van der Waals surface area contributed by atoms with Gasteiger partial charge in [0.1, 0.15) is 5.82 Å². The molecule has 0 aromatic carbocycles. The quantitative estimate of drug-likeness (QED) is 0.752. The third-order valence-corrected chi connectivity index (χ3v) is 3.55. The van der Waals surface area contributed by atoms with Crippen LogP contribution in [0.2, 0.25) is 0 Å². The lowest BCUT2D eigenvalue weighted by Crippen LogP contribution is -1.84. The molecule has 0 aliphatic rings. The molecule has 0 radical (unpaired) electrons. The number of fused-ring (bicyclic) bond motifs is 1. The van der Waals surface area contributed by atoms with Crippen LogP contribution in [0.1, 0.15) is 5.56 Å². The molecule has 0 amide bonds. The molecule has 13 heavy (non-hydrogen) atoms. The van der Waals surface area contributed by atoms with Crippen molar-refractivity contribution in [3.05, 3.63) is 29.8 Å². The summed E-state index contributed by atoms with van der Waals surface area (Å²) in [5, 5.41) is 0.879. The first-order chi connectivity index (χ1) is 6.22. The minimum Gasteiger partial charge on any atom is -0.266 e. The number of pyridine rings is 1. The lowest BCUT2D eigenvalue weighted by molar-refractivity contribution is 0.624. The third kappa shape index (κ3) is 1.54. The van der Waals surface area contributed by atoms with Crippen LogP contribution in [-0.2, 0) is 0 Å². The Kier molecular flexibility index (Phi) is 2.46. The SMILES string of the molecule is Cc1cn(SI)c2ncc(F)cc12. The van der Waals surface area contributed by atoms with Gasteiger partial charge in [0.25, 0.3) is 0 Å². The minimum absolute atomic E-state index is 0.285. The van der Waals surface area contributed by atoms with Gasteiger partial charge in [-0.3, -0.25) is 3.97 Å². The van der Waals surface area contributed by atoms with Crippen LogP contribution in [0.5, 0.6) is 0 Å². The van der Waals surface area contributed by atoms with Crippen molar-refractivity contribution >= 4 is 41.4 Å². The number of aryl methyl sites for hydroxylation is 1. The van der Waals surface area contributed by atoms with Crippen LogP contribution in [0.15, 0.2) is 18.5 Å². The van der Waals surface area contributed by atoms with Gasteiger partial charge >= 0.3 is 0 Å². The number of aromatic nitrogens is 2. The summed E-state index contributed by atoms with van der Waals surface area (Å²) in [7, 11) is 1.53. The fourth-order valence-electron chi connectivity index (χ4n) is 1.26. The molecule has 0 aliphatic heterocycles. The molecule has 0 spiro atoms. The van der Waals surface area contributed by atoms with Gasteiger partial charge in [-0.25, -0.2) is 9.37 Å². The predicted molar refractivity (Wildman–Crippen MR) is 61.4 cm³/mol. The van der Waals surface area contributed by atoms with E-state index < -0.39 is 0 Å². The van der Waals surface area contributed by atoms with E-state index in [1.165, 1.54) is 21.4 Å². The number of hydrogen-bond donors (Lipinski definition) is 0. The second kappa shape index (κ2) is 3.45. The zero-order valence-electron chi connectivity index (χ0n) is 6.79. The molecule has 2 aromatic heterocycles. The summed E-state index contributed by atoms with van der Waals surface area (Å²) >= 11 is 2.17. The van der Waals surface area contributed by atoms with Crippen LogP contribution >= 0.6 is 30.3 Å². The molecule has 2 heterocycles. The van der Waals surface area contributed by atoms with Crippen molar-refractivity contribution in [2.75, 3.05) is 0 Å². The molecule has 0 N–H and O–H groups in total. The van der Waals surface area contributed by atoms with Crippen molar-refractivity contribution in [3.8, 4) is 0 Å². The van der Waals surface area contributed by atoms with Gasteiger partial charge in [-0.1, -0.05) is 0 Å². The van der Waals surface area contributed by atoms with E-state index in [9.17, 15) is 4.39 Å². The molecule has 5 heteroatoms. The van der Waals surface area contributed by atoms with Crippen molar-refractivity contribution in [1.82, 2.24) is 8.96 Å². The molecule has 2 nitrogen and oxygen atoms in total. The number of nitrogens with zero attached hydrogens (tertiary/aromatic N) is 2. The van der Waals surface area contributed by atoms with Gasteiger partial charge in [-0.15, -0.1) is 0 Å². The molecular formula is C8H6FIN2S. The summed E-state index contributed by atoms with van der Waals surface area (Å²) < 4.78 is 14.8. The Morgan fingerprint density at radius 2 is 2.38 bits per heavy atom. The molecule has 0 saturated heterocycles. The first kappa shape index (κ1) is 9.26. The molecule has 2 aromatic rings. The first-order valence-electron chi connectivity index (χ1n) is 3.64. The van der Waals surface area contributed by atoms with Crippen molar-refractivity contribution in [2.45, 2.75) is 6.92 Å². The highest BCUT2D eigenvalue weighted by atomic mass is 127. The molecular weight excluding hydrogens is 302 g/mol.